The zero-order valence-electron chi connectivity index (χ0n) is 10.7. The lowest BCUT2D eigenvalue weighted by atomic mass is 10.0. The molecule has 0 saturated heterocycles. The average molecular weight is 216 g/mol. The van der Waals surface area contributed by atoms with Crippen LogP contribution in [0.3, 0.4) is 0 Å². The summed E-state index contributed by atoms with van der Waals surface area (Å²) in [5, 5.41) is 0. The van der Waals surface area contributed by atoms with Gasteiger partial charge < -0.3 is 4.57 Å². The summed E-state index contributed by atoms with van der Waals surface area (Å²) in [6.45, 7) is 6.49. The highest BCUT2D eigenvalue weighted by molar-refractivity contribution is 5.78. The number of aryl methyl sites for hydroxylation is 4. The van der Waals surface area contributed by atoms with Crippen LogP contribution < -0.4 is 0 Å². The second-order valence-electron chi connectivity index (χ2n) is 4.59. The SMILES string of the molecule is CCCCc1cc2nc(C)n(C)c2cc1C. The molecule has 0 unspecified atom stereocenters. The highest BCUT2D eigenvalue weighted by atomic mass is 15.0. The summed E-state index contributed by atoms with van der Waals surface area (Å²) < 4.78 is 2.16. The Balaban J connectivity index is 2.50. The zero-order valence-corrected chi connectivity index (χ0v) is 10.7. The van der Waals surface area contributed by atoms with Crippen LogP contribution in [-0.2, 0) is 13.5 Å². The van der Waals surface area contributed by atoms with Gasteiger partial charge in [-0.3, -0.25) is 0 Å². The predicted molar refractivity (Wildman–Crippen MR) is 68.8 cm³/mol. The molecule has 2 nitrogen and oxygen atoms in total. The molecule has 0 fully saturated rings. The second kappa shape index (κ2) is 4.28. The molecule has 1 aromatic heterocycles. The molecule has 0 N–H and O–H groups in total. The summed E-state index contributed by atoms with van der Waals surface area (Å²) in [5.41, 5.74) is 5.23. The Hall–Kier alpha value is -1.31. The van der Waals surface area contributed by atoms with Gasteiger partial charge in [-0.15, -0.1) is 0 Å². The highest BCUT2D eigenvalue weighted by Crippen LogP contribution is 2.21. The number of imidazole rings is 1. The summed E-state index contributed by atoms with van der Waals surface area (Å²) in [4.78, 5) is 4.59. The minimum atomic E-state index is 1.09. The molecule has 86 valence electrons. The molecular weight excluding hydrogens is 196 g/mol. The van der Waals surface area contributed by atoms with Crippen LogP contribution in [0.4, 0.5) is 0 Å². The van der Waals surface area contributed by atoms with E-state index in [0.717, 1.165) is 11.3 Å². The third-order valence-corrected chi connectivity index (χ3v) is 3.36. The topological polar surface area (TPSA) is 17.8 Å². The molecule has 1 heterocycles. The fourth-order valence-electron chi connectivity index (χ4n) is 2.14. The molecule has 0 atom stereocenters. The van der Waals surface area contributed by atoms with E-state index in [2.05, 4.69) is 49.5 Å². The largest absolute Gasteiger partial charge is 0.331 e. The van der Waals surface area contributed by atoms with Crippen molar-refractivity contribution in [1.29, 1.82) is 0 Å². The van der Waals surface area contributed by atoms with Crippen molar-refractivity contribution >= 4 is 11.0 Å². The maximum atomic E-state index is 4.59. The van der Waals surface area contributed by atoms with Gasteiger partial charge in [-0.05, 0) is 49.9 Å². The van der Waals surface area contributed by atoms with E-state index in [1.807, 2.05) is 0 Å². The minimum Gasteiger partial charge on any atom is -0.331 e. The van der Waals surface area contributed by atoms with Crippen LogP contribution in [0, 0.1) is 13.8 Å². The molecule has 2 rings (SSSR count). The van der Waals surface area contributed by atoms with Crippen molar-refractivity contribution in [2.24, 2.45) is 7.05 Å². The van der Waals surface area contributed by atoms with E-state index in [0.29, 0.717) is 0 Å². The smallest absolute Gasteiger partial charge is 0.106 e. The number of aromatic nitrogens is 2. The van der Waals surface area contributed by atoms with Crippen LogP contribution in [-0.4, -0.2) is 9.55 Å². The molecule has 0 amide bonds. The van der Waals surface area contributed by atoms with Gasteiger partial charge in [0.05, 0.1) is 11.0 Å². The molecule has 2 aromatic rings. The van der Waals surface area contributed by atoms with Gasteiger partial charge in [0.25, 0.3) is 0 Å². The van der Waals surface area contributed by atoms with Gasteiger partial charge in [0, 0.05) is 7.05 Å². The van der Waals surface area contributed by atoms with Gasteiger partial charge in [0.2, 0.25) is 0 Å². The van der Waals surface area contributed by atoms with Crippen LogP contribution in [0.1, 0.15) is 36.7 Å². The molecule has 0 saturated carbocycles. The Labute approximate surface area is 97.3 Å². The summed E-state index contributed by atoms with van der Waals surface area (Å²) in [6, 6.07) is 4.52. The fourth-order valence-corrected chi connectivity index (χ4v) is 2.14. The maximum Gasteiger partial charge on any atom is 0.106 e. The van der Waals surface area contributed by atoms with Crippen molar-refractivity contribution in [3.8, 4) is 0 Å². The normalized spacial score (nSPS) is 11.2. The number of unbranched alkanes of at least 4 members (excludes halogenated alkanes) is 1. The van der Waals surface area contributed by atoms with E-state index in [4.69, 9.17) is 0 Å². The molecule has 0 radical (unpaired) electrons. The van der Waals surface area contributed by atoms with E-state index in [1.54, 1.807) is 0 Å². The Morgan fingerprint density at radius 3 is 2.69 bits per heavy atom. The number of benzene rings is 1. The first-order valence-corrected chi connectivity index (χ1v) is 6.06. The van der Waals surface area contributed by atoms with Crippen LogP contribution in [0.25, 0.3) is 11.0 Å². The molecule has 2 heteroatoms. The first-order valence-electron chi connectivity index (χ1n) is 6.06. The third-order valence-electron chi connectivity index (χ3n) is 3.36. The van der Waals surface area contributed by atoms with Crippen molar-refractivity contribution < 1.29 is 0 Å². The Bertz CT molecular complexity index is 509. The van der Waals surface area contributed by atoms with Gasteiger partial charge in [-0.2, -0.15) is 0 Å². The van der Waals surface area contributed by atoms with Crippen molar-refractivity contribution in [2.45, 2.75) is 40.0 Å². The quantitative estimate of drug-likeness (QED) is 0.767. The standard InChI is InChI=1S/C14H20N2/c1-5-6-7-12-9-13-14(8-10(12)2)16(4)11(3)15-13/h8-9H,5-7H2,1-4H3. The minimum absolute atomic E-state index is 1.09. The van der Waals surface area contributed by atoms with Gasteiger partial charge in [0.1, 0.15) is 5.82 Å². The second-order valence-corrected chi connectivity index (χ2v) is 4.59. The molecule has 0 bridgehead atoms. The predicted octanol–water partition coefficient (Wildman–Crippen LogP) is 3.53. The number of rotatable bonds is 3. The summed E-state index contributed by atoms with van der Waals surface area (Å²) in [6.07, 6.45) is 3.69. The molecule has 0 aliphatic carbocycles. The number of hydrogen-bond acceptors (Lipinski definition) is 1. The average Bonchev–Trinajstić information content (AvgIpc) is 2.52. The van der Waals surface area contributed by atoms with Crippen molar-refractivity contribution in [3.05, 3.63) is 29.1 Å². The van der Waals surface area contributed by atoms with E-state index >= 15 is 0 Å². The van der Waals surface area contributed by atoms with Crippen LogP contribution in [0.2, 0.25) is 0 Å². The monoisotopic (exact) mass is 216 g/mol. The van der Waals surface area contributed by atoms with E-state index in [-0.39, 0.29) is 0 Å². The van der Waals surface area contributed by atoms with Gasteiger partial charge in [-0.25, -0.2) is 4.98 Å². The van der Waals surface area contributed by atoms with E-state index < -0.39 is 0 Å². The molecule has 0 spiro atoms. The van der Waals surface area contributed by atoms with Crippen molar-refractivity contribution in [2.75, 3.05) is 0 Å². The molecular formula is C14H20N2. The number of hydrogen-bond donors (Lipinski definition) is 0. The first kappa shape index (κ1) is 11.2. The van der Waals surface area contributed by atoms with Gasteiger partial charge in [-0.1, -0.05) is 13.3 Å². The molecule has 1 aromatic carbocycles. The fraction of sp³-hybridized carbons (Fsp3) is 0.500. The Morgan fingerprint density at radius 2 is 2.00 bits per heavy atom. The van der Waals surface area contributed by atoms with E-state index in [1.165, 1.54) is 35.9 Å². The van der Waals surface area contributed by atoms with Crippen LogP contribution in [0.15, 0.2) is 12.1 Å². The lowest BCUT2D eigenvalue weighted by Gasteiger charge is -2.05. The lowest BCUT2D eigenvalue weighted by Crippen LogP contribution is -1.93. The summed E-state index contributed by atoms with van der Waals surface area (Å²) in [5.74, 6) is 1.09. The highest BCUT2D eigenvalue weighted by Gasteiger charge is 2.07. The maximum absolute atomic E-state index is 4.59. The van der Waals surface area contributed by atoms with Crippen LogP contribution >= 0.6 is 0 Å². The summed E-state index contributed by atoms with van der Waals surface area (Å²) >= 11 is 0. The van der Waals surface area contributed by atoms with E-state index in [9.17, 15) is 0 Å². The number of fused-ring (bicyclic) bond motifs is 1. The molecule has 0 aliphatic heterocycles. The molecule has 16 heavy (non-hydrogen) atoms. The van der Waals surface area contributed by atoms with Crippen LogP contribution in [0.5, 0.6) is 0 Å². The Morgan fingerprint density at radius 1 is 1.25 bits per heavy atom. The first-order chi connectivity index (χ1) is 7.63. The Kier molecular flexibility index (Phi) is 2.99. The number of nitrogens with zero attached hydrogens (tertiary/aromatic N) is 2. The third kappa shape index (κ3) is 1.84. The molecule has 0 aliphatic rings. The van der Waals surface area contributed by atoms with Gasteiger partial charge >= 0.3 is 0 Å². The van der Waals surface area contributed by atoms with Crippen molar-refractivity contribution in [1.82, 2.24) is 9.55 Å². The van der Waals surface area contributed by atoms with Crippen molar-refractivity contribution in [3.63, 3.8) is 0 Å². The zero-order chi connectivity index (χ0) is 11.7. The van der Waals surface area contributed by atoms with Gasteiger partial charge in [0.15, 0.2) is 0 Å². The summed E-state index contributed by atoms with van der Waals surface area (Å²) in [7, 11) is 2.08. The lowest BCUT2D eigenvalue weighted by molar-refractivity contribution is 0.792.